The van der Waals surface area contributed by atoms with Crippen molar-refractivity contribution in [3.05, 3.63) is 18.5 Å². The molecule has 8 nitrogen and oxygen atoms in total. The van der Waals surface area contributed by atoms with Crippen LogP contribution in [0.25, 0.3) is 0 Å². The predicted molar refractivity (Wildman–Crippen MR) is 79.7 cm³/mol. The number of sulfonamides is 1. The van der Waals surface area contributed by atoms with Gasteiger partial charge in [-0.15, -0.1) is 0 Å². The highest BCUT2D eigenvalue weighted by molar-refractivity contribution is 7.88. The van der Waals surface area contributed by atoms with Crippen molar-refractivity contribution in [2.24, 2.45) is 0 Å². The van der Waals surface area contributed by atoms with Gasteiger partial charge in [0.2, 0.25) is 15.9 Å². The predicted octanol–water partition coefficient (Wildman–Crippen LogP) is -0.262. The largest absolute Gasteiger partial charge is 0.460 e. The molecule has 1 fully saturated rings. The van der Waals surface area contributed by atoms with Gasteiger partial charge in [0.15, 0.2) is 0 Å². The third-order valence-electron chi connectivity index (χ3n) is 3.53. The van der Waals surface area contributed by atoms with Crippen LogP contribution < -0.4 is 4.74 Å². The van der Waals surface area contributed by atoms with Gasteiger partial charge in [0.05, 0.1) is 12.8 Å². The van der Waals surface area contributed by atoms with Gasteiger partial charge in [0.25, 0.3) is 0 Å². The van der Waals surface area contributed by atoms with E-state index in [4.69, 9.17) is 4.74 Å². The summed E-state index contributed by atoms with van der Waals surface area (Å²) in [7, 11) is -1.94. The molecule has 1 aromatic heterocycles. The van der Waals surface area contributed by atoms with Crippen molar-refractivity contribution in [2.45, 2.75) is 18.9 Å². The average molecular weight is 328 g/mol. The monoisotopic (exact) mass is 328 g/mol. The zero-order valence-electron chi connectivity index (χ0n) is 12.7. The first kappa shape index (κ1) is 16.6. The number of likely N-dealkylation sites (tertiary alicyclic amines) is 1. The Morgan fingerprint density at radius 1 is 1.36 bits per heavy atom. The van der Waals surface area contributed by atoms with Crippen LogP contribution in [-0.2, 0) is 14.8 Å². The van der Waals surface area contributed by atoms with Gasteiger partial charge in [-0.2, -0.15) is 4.31 Å². The van der Waals surface area contributed by atoms with Crippen LogP contribution in [0.2, 0.25) is 0 Å². The summed E-state index contributed by atoms with van der Waals surface area (Å²) < 4.78 is 29.4. The molecule has 2 rings (SSSR count). The summed E-state index contributed by atoms with van der Waals surface area (Å²) in [5.74, 6) is -0.192. The summed E-state index contributed by atoms with van der Waals surface area (Å²) in [4.78, 5) is 21.7. The van der Waals surface area contributed by atoms with Crippen LogP contribution in [0.5, 0.6) is 6.01 Å². The number of amides is 1. The van der Waals surface area contributed by atoms with E-state index in [-0.39, 0.29) is 18.6 Å². The van der Waals surface area contributed by atoms with Gasteiger partial charge in [0.1, 0.15) is 6.10 Å². The van der Waals surface area contributed by atoms with Crippen LogP contribution in [0, 0.1) is 0 Å². The van der Waals surface area contributed by atoms with Gasteiger partial charge >= 0.3 is 6.01 Å². The van der Waals surface area contributed by atoms with Gasteiger partial charge in [-0.25, -0.2) is 18.4 Å². The molecule has 9 heteroatoms. The molecule has 0 spiro atoms. The van der Waals surface area contributed by atoms with Crippen LogP contribution in [0.1, 0.15) is 12.8 Å². The Labute approximate surface area is 130 Å². The highest BCUT2D eigenvalue weighted by atomic mass is 32.2. The van der Waals surface area contributed by atoms with Crippen molar-refractivity contribution >= 4 is 15.9 Å². The van der Waals surface area contributed by atoms with Crippen molar-refractivity contribution in [1.82, 2.24) is 19.2 Å². The van der Waals surface area contributed by atoms with Crippen LogP contribution >= 0.6 is 0 Å². The fourth-order valence-corrected chi connectivity index (χ4v) is 2.47. The SMILES string of the molecule is CN(CC(=O)N1CCC(Oc2ncccn2)CC1)S(C)(=O)=O. The second kappa shape index (κ2) is 7.01. The summed E-state index contributed by atoms with van der Waals surface area (Å²) >= 11 is 0. The Balaban J connectivity index is 1.80. The van der Waals surface area contributed by atoms with Crippen molar-refractivity contribution in [1.29, 1.82) is 0 Å². The number of hydrogen-bond donors (Lipinski definition) is 0. The Morgan fingerprint density at radius 2 is 1.95 bits per heavy atom. The minimum atomic E-state index is -3.34. The maximum atomic E-state index is 12.1. The van der Waals surface area contributed by atoms with Gasteiger partial charge in [-0.1, -0.05) is 0 Å². The molecule has 1 aromatic rings. The molecule has 0 N–H and O–H groups in total. The number of piperidine rings is 1. The fraction of sp³-hybridized carbons (Fsp3) is 0.615. The molecular formula is C13H20N4O4S. The topological polar surface area (TPSA) is 92.7 Å². The molecule has 0 radical (unpaired) electrons. The van der Waals surface area contributed by atoms with Crippen molar-refractivity contribution in [3.8, 4) is 6.01 Å². The number of carbonyl (C=O) groups is 1. The van der Waals surface area contributed by atoms with Crippen LogP contribution in [0.3, 0.4) is 0 Å². The Morgan fingerprint density at radius 3 is 2.50 bits per heavy atom. The normalized spacial score (nSPS) is 16.8. The summed E-state index contributed by atoms with van der Waals surface area (Å²) in [5.41, 5.74) is 0. The maximum Gasteiger partial charge on any atom is 0.316 e. The number of hydrogen-bond acceptors (Lipinski definition) is 6. The minimum Gasteiger partial charge on any atom is -0.460 e. The van der Waals surface area contributed by atoms with Gasteiger partial charge in [-0.3, -0.25) is 4.79 Å². The van der Waals surface area contributed by atoms with Gasteiger partial charge in [0, 0.05) is 45.4 Å². The lowest BCUT2D eigenvalue weighted by molar-refractivity contribution is -0.133. The van der Waals surface area contributed by atoms with E-state index in [0.29, 0.717) is 31.9 Å². The summed E-state index contributed by atoms with van der Waals surface area (Å²) in [6.45, 7) is 0.939. The standard InChI is InChI=1S/C13H20N4O4S/c1-16(22(2,19)20)10-12(18)17-8-4-11(5-9-17)21-13-14-6-3-7-15-13/h3,6-7,11H,4-5,8-10H2,1-2H3. The van der Waals surface area contributed by atoms with E-state index in [2.05, 4.69) is 9.97 Å². The summed E-state index contributed by atoms with van der Waals surface area (Å²) in [6.07, 6.45) is 5.63. The second-order valence-corrected chi connectivity index (χ2v) is 7.34. The summed E-state index contributed by atoms with van der Waals surface area (Å²) in [5, 5.41) is 0. The van der Waals surface area contributed by atoms with Crippen molar-refractivity contribution < 1.29 is 17.9 Å². The first-order valence-corrected chi connectivity index (χ1v) is 8.84. The zero-order chi connectivity index (χ0) is 16.2. The van der Waals surface area contributed by atoms with Crippen LogP contribution in [-0.4, -0.2) is 72.5 Å². The lowest BCUT2D eigenvalue weighted by Crippen LogP contribution is -2.46. The van der Waals surface area contributed by atoms with E-state index in [0.717, 1.165) is 10.6 Å². The molecule has 0 unspecified atom stereocenters. The van der Waals surface area contributed by atoms with Crippen molar-refractivity contribution in [2.75, 3.05) is 32.9 Å². The van der Waals surface area contributed by atoms with Crippen LogP contribution in [0.15, 0.2) is 18.5 Å². The Hall–Kier alpha value is -1.74. The second-order valence-electron chi connectivity index (χ2n) is 5.25. The maximum absolute atomic E-state index is 12.1. The molecular weight excluding hydrogens is 308 g/mol. The number of nitrogens with zero attached hydrogens (tertiary/aromatic N) is 4. The smallest absolute Gasteiger partial charge is 0.316 e. The number of likely N-dealkylation sites (N-methyl/N-ethyl adjacent to an activating group) is 1. The molecule has 0 atom stereocenters. The van der Waals surface area contributed by atoms with Crippen molar-refractivity contribution in [3.63, 3.8) is 0 Å². The van der Waals surface area contributed by atoms with E-state index < -0.39 is 10.0 Å². The third kappa shape index (κ3) is 4.63. The van der Waals surface area contributed by atoms with Gasteiger partial charge in [-0.05, 0) is 6.07 Å². The molecule has 2 heterocycles. The Kier molecular flexibility index (Phi) is 5.30. The molecule has 1 saturated heterocycles. The quantitative estimate of drug-likeness (QED) is 0.739. The zero-order valence-corrected chi connectivity index (χ0v) is 13.5. The number of rotatable bonds is 5. The average Bonchev–Trinajstić information content (AvgIpc) is 2.48. The first-order valence-electron chi connectivity index (χ1n) is 6.99. The van der Waals surface area contributed by atoms with Gasteiger partial charge < -0.3 is 9.64 Å². The molecule has 0 aromatic carbocycles. The van der Waals surface area contributed by atoms with E-state index in [9.17, 15) is 13.2 Å². The third-order valence-corrected chi connectivity index (χ3v) is 4.79. The molecule has 22 heavy (non-hydrogen) atoms. The van der Waals surface area contributed by atoms with E-state index in [1.807, 2.05) is 0 Å². The molecule has 1 aliphatic rings. The lowest BCUT2D eigenvalue weighted by atomic mass is 10.1. The summed E-state index contributed by atoms with van der Waals surface area (Å²) in [6, 6.07) is 2.05. The number of aromatic nitrogens is 2. The molecule has 0 saturated carbocycles. The Bertz CT molecular complexity index is 600. The lowest BCUT2D eigenvalue weighted by Gasteiger charge is -2.32. The van der Waals surface area contributed by atoms with E-state index in [1.54, 1.807) is 23.4 Å². The van der Waals surface area contributed by atoms with E-state index in [1.165, 1.54) is 7.05 Å². The highest BCUT2D eigenvalue weighted by Crippen LogP contribution is 2.15. The highest BCUT2D eigenvalue weighted by Gasteiger charge is 2.26. The first-order chi connectivity index (χ1) is 10.4. The molecule has 0 bridgehead atoms. The molecule has 0 aliphatic carbocycles. The fourth-order valence-electron chi connectivity index (χ4n) is 2.13. The number of carbonyl (C=O) groups excluding carboxylic acids is 1. The molecule has 1 aliphatic heterocycles. The van der Waals surface area contributed by atoms with E-state index >= 15 is 0 Å². The van der Waals surface area contributed by atoms with Crippen LogP contribution in [0.4, 0.5) is 0 Å². The minimum absolute atomic E-state index is 0.0286. The molecule has 1 amide bonds. The number of ether oxygens (including phenoxy) is 1. The molecule has 122 valence electrons.